The summed E-state index contributed by atoms with van der Waals surface area (Å²) >= 11 is 6.23. The quantitative estimate of drug-likeness (QED) is 0.440. The molecule has 160 valence electrons. The van der Waals surface area contributed by atoms with E-state index in [9.17, 15) is 13.2 Å². The Kier molecular flexibility index (Phi) is 7.18. The summed E-state index contributed by atoms with van der Waals surface area (Å²) in [5, 5.41) is 0.382. The number of ether oxygens (including phenoxy) is 2. The second-order valence-corrected chi connectivity index (χ2v) is 9.15. The topological polar surface area (TPSA) is 72.9 Å². The number of benzene rings is 2. The lowest BCUT2D eigenvalue weighted by Crippen LogP contribution is -2.27. The molecule has 0 saturated carbocycles. The van der Waals surface area contributed by atoms with Gasteiger partial charge in [-0.2, -0.15) is 4.31 Å². The van der Waals surface area contributed by atoms with Gasteiger partial charge in [0.1, 0.15) is 0 Å². The van der Waals surface area contributed by atoms with E-state index in [1.807, 2.05) is 6.92 Å². The molecule has 0 amide bonds. The Balaban J connectivity index is 1.77. The van der Waals surface area contributed by atoms with E-state index in [1.165, 1.54) is 41.8 Å². The summed E-state index contributed by atoms with van der Waals surface area (Å²) in [6.45, 7) is 3.39. The van der Waals surface area contributed by atoms with Crippen LogP contribution in [0.4, 0.5) is 0 Å². The number of rotatable bonds is 8. The standard InChI is InChI=1S/C22H24ClNO5S/c1-3-29-21-15-16(14-19(23)22(21)28-2)6-11-20(25)17-7-9-18(10-8-17)30(26,27)24-12-4-5-13-24/h6-11,14-15H,3-5,12-13H2,1-2H3. The molecule has 0 aliphatic carbocycles. The van der Waals surface area contributed by atoms with Crippen molar-refractivity contribution >= 4 is 33.5 Å². The molecule has 1 aliphatic rings. The highest BCUT2D eigenvalue weighted by Gasteiger charge is 2.27. The van der Waals surface area contributed by atoms with Gasteiger partial charge in [-0.05, 0) is 67.8 Å². The lowest BCUT2D eigenvalue weighted by molar-refractivity contribution is 0.104. The third-order valence-electron chi connectivity index (χ3n) is 4.80. The molecule has 1 fully saturated rings. The first kappa shape index (κ1) is 22.3. The Morgan fingerprint density at radius 3 is 2.43 bits per heavy atom. The van der Waals surface area contributed by atoms with Crippen molar-refractivity contribution in [3.8, 4) is 11.5 Å². The summed E-state index contributed by atoms with van der Waals surface area (Å²) in [4.78, 5) is 12.7. The highest BCUT2D eigenvalue weighted by Crippen LogP contribution is 2.36. The van der Waals surface area contributed by atoms with Crippen LogP contribution in [0.15, 0.2) is 47.4 Å². The van der Waals surface area contributed by atoms with Crippen LogP contribution in [0.2, 0.25) is 5.02 Å². The number of carbonyl (C=O) groups excluding carboxylic acids is 1. The number of halogens is 1. The molecule has 1 aliphatic heterocycles. The molecular formula is C22H24ClNO5S. The van der Waals surface area contributed by atoms with Gasteiger partial charge in [-0.25, -0.2) is 8.42 Å². The van der Waals surface area contributed by atoms with Crippen molar-refractivity contribution in [1.82, 2.24) is 4.31 Å². The van der Waals surface area contributed by atoms with Crippen LogP contribution in [0.25, 0.3) is 6.08 Å². The van der Waals surface area contributed by atoms with Crippen molar-refractivity contribution in [1.29, 1.82) is 0 Å². The summed E-state index contributed by atoms with van der Waals surface area (Å²) in [5.74, 6) is 0.692. The van der Waals surface area contributed by atoms with Crippen molar-refractivity contribution < 1.29 is 22.7 Å². The maximum atomic E-state index is 12.6. The van der Waals surface area contributed by atoms with Crippen LogP contribution in [0.3, 0.4) is 0 Å². The molecule has 0 unspecified atom stereocenters. The highest BCUT2D eigenvalue weighted by molar-refractivity contribution is 7.89. The molecule has 1 heterocycles. The van der Waals surface area contributed by atoms with Crippen LogP contribution in [0.1, 0.15) is 35.7 Å². The number of hydrogen-bond acceptors (Lipinski definition) is 5. The molecule has 0 radical (unpaired) electrons. The Labute approximate surface area is 182 Å². The van der Waals surface area contributed by atoms with Crippen LogP contribution in [0, 0.1) is 0 Å². The third kappa shape index (κ3) is 4.86. The summed E-state index contributed by atoms with van der Waals surface area (Å²) < 4.78 is 37.4. The van der Waals surface area contributed by atoms with Crippen molar-refractivity contribution in [2.45, 2.75) is 24.7 Å². The van der Waals surface area contributed by atoms with Gasteiger partial charge in [0.15, 0.2) is 17.3 Å². The third-order valence-corrected chi connectivity index (χ3v) is 7.00. The van der Waals surface area contributed by atoms with E-state index in [-0.39, 0.29) is 10.7 Å². The highest BCUT2D eigenvalue weighted by atomic mass is 35.5. The van der Waals surface area contributed by atoms with E-state index in [1.54, 1.807) is 18.2 Å². The van der Waals surface area contributed by atoms with E-state index in [4.69, 9.17) is 21.1 Å². The van der Waals surface area contributed by atoms with Gasteiger partial charge in [0.2, 0.25) is 10.0 Å². The van der Waals surface area contributed by atoms with E-state index in [0.29, 0.717) is 47.3 Å². The minimum absolute atomic E-state index is 0.202. The first-order chi connectivity index (χ1) is 14.4. The minimum atomic E-state index is -3.49. The fourth-order valence-electron chi connectivity index (χ4n) is 3.28. The van der Waals surface area contributed by atoms with Crippen LogP contribution < -0.4 is 9.47 Å². The number of sulfonamides is 1. The summed E-state index contributed by atoms with van der Waals surface area (Å²) in [6, 6.07) is 9.44. The molecule has 0 aromatic heterocycles. The molecular weight excluding hydrogens is 426 g/mol. The lowest BCUT2D eigenvalue weighted by atomic mass is 10.1. The fourth-order valence-corrected chi connectivity index (χ4v) is 5.10. The van der Waals surface area contributed by atoms with Crippen LogP contribution in [-0.4, -0.2) is 45.3 Å². The number of nitrogens with zero attached hydrogens (tertiary/aromatic N) is 1. The van der Waals surface area contributed by atoms with Crippen LogP contribution in [-0.2, 0) is 10.0 Å². The first-order valence-corrected chi connectivity index (χ1v) is 11.5. The lowest BCUT2D eigenvalue weighted by Gasteiger charge is -2.15. The van der Waals surface area contributed by atoms with E-state index in [2.05, 4.69) is 0 Å². The average molecular weight is 450 g/mol. The molecule has 0 atom stereocenters. The number of methoxy groups -OCH3 is 1. The number of carbonyl (C=O) groups is 1. The van der Waals surface area contributed by atoms with E-state index in [0.717, 1.165) is 12.8 Å². The van der Waals surface area contributed by atoms with Gasteiger partial charge >= 0.3 is 0 Å². The largest absolute Gasteiger partial charge is 0.491 e. The average Bonchev–Trinajstić information content (AvgIpc) is 3.28. The molecule has 1 saturated heterocycles. The van der Waals surface area contributed by atoms with Gasteiger partial charge in [0, 0.05) is 18.7 Å². The summed E-state index contributed by atoms with van der Waals surface area (Å²) in [5.41, 5.74) is 1.09. The summed E-state index contributed by atoms with van der Waals surface area (Å²) in [6.07, 6.45) is 4.80. The van der Waals surface area contributed by atoms with Crippen molar-refractivity contribution in [2.75, 3.05) is 26.8 Å². The predicted molar refractivity (Wildman–Crippen MR) is 117 cm³/mol. The Hall–Kier alpha value is -2.35. The second kappa shape index (κ2) is 9.64. The number of ketones is 1. The molecule has 2 aromatic carbocycles. The zero-order valence-corrected chi connectivity index (χ0v) is 18.5. The van der Waals surface area contributed by atoms with Gasteiger partial charge in [-0.15, -0.1) is 0 Å². The van der Waals surface area contributed by atoms with Gasteiger partial charge < -0.3 is 9.47 Å². The Morgan fingerprint density at radius 1 is 1.17 bits per heavy atom. The second-order valence-electron chi connectivity index (χ2n) is 6.80. The van der Waals surface area contributed by atoms with Gasteiger partial charge in [0.25, 0.3) is 0 Å². The van der Waals surface area contributed by atoms with Gasteiger partial charge in [-0.1, -0.05) is 17.7 Å². The maximum absolute atomic E-state index is 12.6. The SMILES string of the molecule is CCOc1cc(C=CC(=O)c2ccc(S(=O)(=O)N3CCCC3)cc2)cc(Cl)c1OC. The van der Waals surface area contributed by atoms with Crippen molar-refractivity contribution in [2.24, 2.45) is 0 Å². The fraction of sp³-hybridized carbons (Fsp3) is 0.318. The van der Waals surface area contributed by atoms with Gasteiger partial charge in [0.05, 0.1) is 23.6 Å². The molecule has 30 heavy (non-hydrogen) atoms. The zero-order valence-electron chi connectivity index (χ0n) is 16.9. The van der Waals surface area contributed by atoms with E-state index < -0.39 is 10.0 Å². The Bertz CT molecular complexity index is 1040. The molecule has 0 bridgehead atoms. The predicted octanol–water partition coefficient (Wildman–Crippen LogP) is 4.43. The zero-order chi connectivity index (χ0) is 21.7. The molecule has 3 rings (SSSR count). The molecule has 0 spiro atoms. The van der Waals surface area contributed by atoms with Crippen LogP contribution >= 0.6 is 11.6 Å². The first-order valence-electron chi connectivity index (χ1n) is 9.69. The molecule has 6 nitrogen and oxygen atoms in total. The molecule has 0 N–H and O–H groups in total. The number of hydrogen-bond donors (Lipinski definition) is 0. The van der Waals surface area contributed by atoms with E-state index >= 15 is 0 Å². The Morgan fingerprint density at radius 2 is 1.83 bits per heavy atom. The van der Waals surface area contributed by atoms with Crippen molar-refractivity contribution in [3.05, 3.63) is 58.6 Å². The monoisotopic (exact) mass is 449 g/mol. The normalized spacial score (nSPS) is 14.9. The maximum Gasteiger partial charge on any atom is 0.243 e. The van der Waals surface area contributed by atoms with Crippen molar-refractivity contribution in [3.63, 3.8) is 0 Å². The molecule has 8 heteroatoms. The molecule has 2 aromatic rings. The smallest absolute Gasteiger partial charge is 0.243 e. The van der Waals surface area contributed by atoms with Gasteiger partial charge in [-0.3, -0.25) is 4.79 Å². The summed E-state index contributed by atoms with van der Waals surface area (Å²) in [7, 11) is -1.98. The minimum Gasteiger partial charge on any atom is -0.491 e. The van der Waals surface area contributed by atoms with Crippen LogP contribution in [0.5, 0.6) is 11.5 Å². The number of allylic oxidation sites excluding steroid dienone is 1.